The molecule has 0 spiro atoms. The quantitative estimate of drug-likeness (QED) is 0.845. The van der Waals surface area contributed by atoms with Crippen LogP contribution >= 0.6 is 11.3 Å². The molecule has 5 nitrogen and oxygen atoms in total. The van der Waals surface area contributed by atoms with Crippen molar-refractivity contribution in [2.75, 3.05) is 13.2 Å². The van der Waals surface area contributed by atoms with Gasteiger partial charge in [-0.1, -0.05) is 0 Å². The van der Waals surface area contributed by atoms with Crippen LogP contribution in [0.15, 0.2) is 23.7 Å². The Bertz CT molecular complexity index is 680. The minimum atomic E-state index is -0.000969. The zero-order valence-corrected chi connectivity index (χ0v) is 14.3. The molecule has 0 aromatic carbocycles. The van der Waals surface area contributed by atoms with Gasteiger partial charge >= 0.3 is 0 Å². The molecule has 1 atom stereocenters. The van der Waals surface area contributed by atoms with Gasteiger partial charge in [0.05, 0.1) is 18.2 Å². The van der Waals surface area contributed by atoms with Crippen molar-refractivity contribution >= 4 is 17.2 Å². The molecule has 1 fully saturated rings. The van der Waals surface area contributed by atoms with Gasteiger partial charge in [0.25, 0.3) is 5.91 Å². The number of carbonyl (C=O) groups excluding carboxylic acids is 1. The number of rotatable bonds is 5. The summed E-state index contributed by atoms with van der Waals surface area (Å²) in [5.74, 6) is -0.000969. The topological polar surface area (TPSA) is 55.3 Å². The lowest BCUT2D eigenvalue weighted by Gasteiger charge is -2.25. The monoisotopic (exact) mass is 331 g/mol. The Morgan fingerprint density at radius 2 is 2.35 bits per heavy atom. The first-order valence-corrected chi connectivity index (χ1v) is 8.75. The summed E-state index contributed by atoms with van der Waals surface area (Å²) in [5.41, 5.74) is 2.40. The fourth-order valence-corrected chi connectivity index (χ4v) is 3.56. The molecule has 0 bridgehead atoms. The fourth-order valence-electron chi connectivity index (χ4n) is 2.77. The van der Waals surface area contributed by atoms with Gasteiger partial charge in [0, 0.05) is 36.1 Å². The third kappa shape index (κ3) is 3.95. The highest BCUT2D eigenvalue weighted by molar-refractivity contribution is 7.09. The maximum atomic E-state index is 13.0. The molecule has 1 saturated heterocycles. The van der Waals surface area contributed by atoms with Crippen molar-refractivity contribution in [3.05, 3.63) is 45.7 Å². The highest BCUT2D eigenvalue weighted by Gasteiger charge is 2.25. The van der Waals surface area contributed by atoms with Crippen LogP contribution in [-0.2, 0) is 11.3 Å². The largest absolute Gasteiger partial charge is 0.376 e. The van der Waals surface area contributed by atoms with Crippen LogP contribution < -0.4 is 0 Å². The van der Waals surface area contributed by atoms with Crippen molar-refractivity contribution in [2.45, 2.75) is 39.3 Å². The molecule has 2 aromatic heterocycles. The second-order valence-electron chi connectivity index (χ2n) is 5.84. The normalized spacial score (nSPS) is 17.4. The molecule has 0 radical (unpaired) electrons. The average molecular weight is 331 g/mol. The number of ether oxygens (including phenoxy) is 1. The molecule has 122 valence electrons. The molecule has 6 heteroatoms. The summed E-state index contributed by atoms with van der Waals surface area (Å²) in [6.45, 7) is 5.74. The molecule has 0 saturated carbocycles. The molecule has 1 amide bonds. The van der Waals surface area contributed by atoms with E-state index in [1.807, 2.05) is 30.2 Å². The molecule has 0 aliphatic carbocycles. The van der Waals surface area contributed by atoms with Crippen LogP contribution in [0.2, 0.25) is 0 Å². The predicted molar refractivity (Wildman–Crippen MR) is 89.5 cm³/mol. The molecule has 1 aliphatic rings. The molecule has 1 aliphatic heterocycles. The summed E-state index contributed by atoms with van der Waals surface area (Å²) in [4.78, 5) is 23.5. The van der Waals surface area contributed by atoms with Crippen molar-refractivity contribution in [2.24, 2.45) is 0 Å². The van der Waals surface area contributed by atoms with E-state index in [-0.39, 0.29) is 12.0 Å². The second kappa shape index (κ2) is 7.19. The van der Waals surface area contributed by atoms with Crippen LogP contribution in [-0.4, -0.2) is 40.0 Å². The Kier molecular flexibility index (Phi) is 5.03. The van der Waals surface area contributed by atoms with Crippen molar-refractivity contribution in [3.63, 3.8) is 0 Å². The van der Waals surface area contributed by atoms with Gasteiger partial charge in [0.1, 0.15) is 5.01 Å². The molecule has 3 heterocycles. The van der Waals surface area contributed by atoms with Crippen LogP contribution in [0, 0.1) is 13.8 Å². The average Bonchev–Trinajstić information content (AvgIpc) is 3.18. The fraction of sp³-hybridized carbons (Fsp3) is 0.471. The minimum absolute atomic E-state index is 0.000969. The first-order valence-electron chi connectivity index (χ1n) is 7.87. The molecule has 23 heavy (non-hydrogen) atoms. The van der Waals surface area contributed by atoms with E-state index in [4.69, 9.17) is 4.74 Å². The third-order valence-electron chi connectivity index (χ3n) is 3.97. The second-order valence-corrected chi connectivity index (χ2v) is 6.78. The highest BCUT2D eigenvalue weighted by atomic mass is 32.1. The standard InChI is InChI=1S/C17H21N3O2S/c1-12-11-23-16(19-12)10-20(9-14-5-4-8-22-14)17(21)15-6-3-7-18-13(15)2/h3,6-7,11,14H,4-5,8-10H2,1-2H3/t14-/m1/s1. The number of hydrogen-bond donors (Lipinski definition) is 0. The number of pyridine rings is 1. The van der Waals surface area contributed by atoms with Crippen LogP contribution in [0.25, 0.3) is 0 Å². The van der Waals surface area contributed by atoms with Crippen molar-refractivity contribution < 1.29 is 9.53 Å². The molecule has 0 N–H and O–H groups in total. The predicted octanol–water partition coefficient (Wildman–Crippen LogP) is 2.98. The summed E-state index contributed by atoms with van der Waals surface area (Å²) < 4.78 is 5.72. The maximum absolute atomic E-state index is 13.0. The minimum Gasteiger partial charge on any atom is -0.376 e. The Hall–Kier alpha value is -1.79. The van der Waals surface area contributed by atoms with Crippen LogP contribution in [0.4, 0.5) is 0 Å². The van der Waals surface area contributed by atoms with E-state index in [0.29, 0.717) is 18.7 Å². The van der Waals surface area contributed by atoms with Gasteiger partial charge in [-0.15, -0.1) is 11.3 Å². The maximum Gasteiger partial charge on any atom is 0.256 e. The van der Waals surface area contributed by atoms with Gasteiger partial charge in [-0.05, 0) is 38.8 Å². The van der Waals surface area contributed by atoms with Gasteiger partial charge in [0.15, 0.2) is 0 Å². The van der Waals surface area contributed by atoms with Crippen molar-refractivity contribution in [1.29, 1.82) is 0 Å². The Labute approximate surface area is 140 Å². The van der Waals surface area contributed by atoms with Crippen LogP contribution in [0.5, 0.6) is 0 Å². The van der Waals surface area contributed by atoms with E-state index in [1.54, 1.807) is 23.6 Å². The van der Waals surface area contributed by atoms with Crippen LogP contribution in [0.1, 0.15) is 39.6 Å². The Morgan fingerprint density at radius 3 is 3.00 bits per heavy atom. The van der Waals surface area contributed by atoms with Gasteiger partial charge in [0.2, 0.25) is 0 Å². The first-order chi connectivity index (χ1) is 11.1. The number of aromatic nitrogens is 2. The van der Waals surface area contributed by atoms with Crippen molar-refractivity contribution in [1.82, 2.24) is 14.9 Å². The summed E-state index contributed by atoms with van der Waals surface area (Å²) in [6.07, 6.45) is 3.90. The molecule has 3 rings (SSSR count). The Balaban J connectivity index is 1.81. The van der Waals surface area contributed by atoms with Gasteiger partial charge in [-0.2, -0.15) is 0 Å². The number of carbonyl (C=O) groups is 1. The lowest BCUT2D eigenvalue weighted by molar-refractivity contribution is 0.0506. The number of aryl methyl sites for hydroxylation is 2. The van der Waals surface area contributed by atoms with E-state index in [1.165, 1.54) is 0 Å². The molecule has 0 unspecified atom stereocenters. The van der Waals surface area contributed by atoms with Gasteiger partial charge < -0.3 is 9.64 Å². The lowest BCUT2D eigenvalue weighted by Crippen LogP contribution is -2.37. The molecular formula is C17H21N3O2S. The number of thiazole rings is 1. The van der Waals surface area contributed by atoms with Crippen molar-refractivity contribution in [3.8, 4) is 0 Å². The molecular weight excluding hydrogens is 310 g/mol. The number of nitrogens with zero attached hydrogens (tertiary/aromatic N) is 3. The van der Waals surface area contributed by atoms with E-state index >= 15 is 0 Å². The van der Waals surface area contributed by atoms with Crippen LogP contribution in [0.3, 0.4) is 0 Å². The summed E-state index contributed by atoms with van der Waals surface area (Å²) in [6, 6.07) is 3.64. The smallest absolute Gasteiger partial charge is 0.256 e. The zero-order valence-electron chi connectivity index (χ0n) is 13.5. The summed E-state index contributed by atoms with van der Waals surface area (Å²) in [5, 5.41) is 2.97. The van der Waals surface area contributed by atoms with E-state index in [2.05, 4.69) is 9.97 Å². The lowest BCUT2D eigenvalue weighted by atomic mass is 10.1. The summed E-state index contributed by atoms with van der Waals surface area (Å²) >= 11 is 1.59. The summed E-state index contributed by atoms with van der Waals surface area (Å²) in [7, 11) is 0. The number of hydrogen-bond acceptors (Lipinski definition) is 5. The third-order valence-corrected chi connectivity index (χ3v) is 4.92. The van der Waals surface area contributed by atoms with E-state index < -0.39 is 0 Å². The van der Waals surface area contributed by atoms with E-state index in [9.17, 15) is 4.79 Å². The van der Waals surface area contributed by atoms with Gasteiger partial charge in [-0.3, -0.25) is 9.78 Å². The number of amides is 1. The van der Waals surface area contributed by atoms with Gasteiger partial charge in [-0.25, -0.2) is 4.98 Å². The Morgan fingerprint density at radius 1 is 1.48 bits per heavy atom. The first kappa shape index (κ1) is 16.1. The SMILES string of the molecule is Cc1csc(CN(C[C@H]2CCCO2)C(=O)c2cccnc2C)n1. The van der Waals surface area contributed by atoms with E-state index in [0.717, 1.165) is 35.8 Å². The molecule has 2 aromatic rings. The zero-order chi connectivity index (χ0) is 16.2. The highest BCUT2D eigenvalue weighted by Crippen LogP contribution is 2.19.